The summed E-state index contributed by atoms with van der Waals surface area (Å²) in [6.07, 6.45) is 0. The van der Waals surface area contributed by atoms with Crippen molar-refractivity contribution >= 4 is 29.0 Å². The molecule has 0 aliphatic rings. The molecule has 18 heavy (non-hydrogen) atoms. The molecule has 5 heteroatoms. The molecule has 2 rings (SSSR count). The van der Waals surface area contributed by atoms with Gasteiger partial charge >= 0.3 is 0 Å². The van der Waals surface area contributed by atoms with Crippen molar-refractivity contribution in [3.8, 4) is 0 Å². The van der Waals surface area contributed by atoms with Crippen molar-refractivity contribution in [2.24, 2.45) is 0 Å². The standard InChI is InChI=1S/C13H13Cl2N3/c1-9(10-6-4-3-5-7-10)18(2)12-8-11(14)16-13(15)17-12/h3-9H,1-2H3. The molecule has 0 bridgehead atoms. The van der Waals surface area contributed by atoms with Gasteiger partial charge in [0.2, 0.25) is 5.28 Å². The van der Waals surface area contributed by atoms with Crippen LogP contribution >= 0.6 is 23.2 Å². The topological polar surface area (TPSA) is 29.0 Å². The van der Waals surface area contributed by atoms with Gasteiger partial charge in [0.15, 0.2) is 0 Å². The molecule has 0 spiro atoms. The number of anilines is 1. The van der Waals surface area contributed by atoms with E-state index in [0.717, 1.165) is 0 Å². The van der Waals surface area contributed by atoms with Crippen molar-refractivity contribution in [3.05, 3.63) is 52.4 Å². The highest BCUT2D eigenvalue weighted by Crippen LogP contribution is 2.25. The Morgan fingerprint density at radius 3 is 2.39 bits per heavy atom. The van der Waals surface area contributed by atoms with Gasteiger partial charge in [-0.15, -0.1) is 0 Å². The van der Waals surface area contributed by atoms with Gasteiger partial charge in [0.25, 0.3) is 0 Å². The molecular formula is C13H13Cl2N3. The summed E-state index contributed by atoms with van der Waals surface area (Å²) in [4.78, 5) is 10.0. The molecule has 0 aliphatic carbocycles. The molecule has 0 saturated carbocycles. The number of hydrogen-bond donors (Lipinski definition) is 0. The molecule has 1 atom stereocenters. The van der Waals surface area contributed by atoms with Gasteiger partial charge in [0, 0.05) is 13.1 Å². The maximum absolute atomic E-state index is 5.88. The molecule has 94 valence electrons. The van der Waals surface area contributed by atoms with Crippen LogP contribution in [0.4, 0.5) is 5.82 Å². The molecule has 3 nitrogen and oxygen atoms in total. The van der Waals surface area contributed by atoms with E-state index in [4.69, 9.17) is 23.2 Å². The Morgan fingerprint density at radius 2 is 1.78 bits per heavy atom. The molecule has 1 aromatic carbocycles. The first kappa shape index (κ1) is 13.1. The van der Waals surface area contributed by atoms with Gasteiger partial charge in [-0.1, -0.05) is 41.9 Å². The number of aromatic nitrogens is 2. The van der Waals surface area contributed by atoms with Crippen LogP contribution in [0.15, 0.2) is 36.4 Å². The quantitative estimate of drug-likeness (QED) is 0.629. The molecule has 0 saturated heterocycles. The summed E-state index contributed by atoms with van der Waals surface area (Å²) in [5.74, 6) is 0.705. The van der Waals surface area contributed by atoms with Crippen LogP contribution in [0.1, 0.15) is 18.5 Å². The zero-order valence-corrected chi connectivity index (χ0v) is 11.7. The van der Waals surface area contributed by atoms with Crippen LogP contribution in [0, 0.1) is 0 Å². The van der Waals surface area contributed by atoms with Gasteiger partial charge in [0.05, 0.1) is 6.04 Å². The van der Waals surface area contributed by atoms with Crippen LogP contribution in [0.2, 0.25) is 10.4 Å². The third-order valence-corrected chi connectivity index (χ3v) is 3.24. The first-order valence-corrected chi connectivity index (χ1v) is 6.31. The molecule has 1 aromatic heterocycles. The van der Waals surface area contributed by atoms with Crippen molar-refractivity contribution in [1.82, 2.24) is 9.97 Å². The van der Waals surface area contributed by atoms with Gasteiger partial charge in [-0.25, -0.2) is 9.97 Å². The smallest absolute Gasteiger partial charge is 0.225 e. The number of halogens is 2. The maximum atomic E-state index is 5.88. The maximum Gasteiger partial charge on any atom is 0.225 e. The predicted octanol–water partition coefficient (Wildman–Crippen LogP) is 3.98. The van der Waals surface area contributed by atoms with Crippen molar-refractivity contribution in [2.75, 3.05) is 11.9 Å². The van der Waals surface area contributed by atoms with Crippen LogP contribution in [-0.2, 0) is 0 Å². The zero-order valence-electron chi connectivity index (χ0n) is 10.1. The third-order valence-electron chi connectivity index (χ3n) is 2.88. The lowest BCUT2D eigenvalue weighted by atomic mass is 10.1. The van der Waals surface area contributed by atoms with Gasteiger partial charge in [-0.3, -0.25) is 0 Å². The SMILES string of the molecule is CC(c1ccccc1)N(C)c1cc(Cl)nc(Cl)n1. The molecule has 0 aliphatic heterocycles. The average Bonchev–Trinajstić information content (AvgIpc) is 2.37. The lowest BCUT2D eigenvalue weighted by molar-refractivity contribution is 0.727. The minimum atomic E-state index is 0.157. The van der Waals surface area contributed by atoms with E-state index < -0.39 is 0 Å². The second-order valence-corrected chi connectivity index (χ2v) is 4.74. The lowest BCUT2D eigenvalue weighted by Gasteiger charge is -2.26. The van der Waals surface area contributed by atoms with E-state index in [-0.39, 0.29) is 11.3 Å². The second kappa shape index (κ2) is 5.55. The van der Waals surface area contributed by atoms with Crippen molar-refractivity contribution in [3.63, 3.8) is 0 Å². The normalized spacial score (nSPS) is 12.2. The minimum Gasteiger partial charge on any atom is -0.353 e. The van der Waals surface area contributed by atoms with E-state index in [1.807, 2.05) is 30.1 Å². The Morgan fingerprint density at radius 1 is 1.11 bits per heavy atom. The minimum absolute atomic E-state index is 0.157. The molecular weight excluding hydrogens is 269 g/mol. The van der Waals surface area contributed by atoms with Gasteiger partial charge in [-0.05, 0) is 24.1 Å². The van der Waals surface area contributed by atoms with Gasteiger partial charge in [0.1, 0.15) is 11.0 Å². The summed E-state index contributed by atoms with van der Waals surface area (Å²) in [5, 5.41) is 0.502. The molecule has 0 amide bonds. The van der Waals surface area contributed by atoms with Crippen LogP contribution in [0.3, 0.4) is 0 Å². The van der Waals surface area contributed by atoms with Crippen LogP contribution in [0.25, 0.3) is 0 Å². The Kier molecular flexibility index (Phi) is 4.04. The monoisotopic (exact) mass is 281 g/mol. The molecule has 0 fully saturated rings. The fraction of sp³-hybridized carbons (Fsp3) is 0.231. The number of hydrogen-bond acceptors (Lipinski definition) is 3. The third kappa shape index (κ3) is 2.92. The zero-order chi connectivity index (χ0) is 13.1. The summed E-state index contributed by atoms with van der Waals surface area (Å²) in [6.45, 7) is 2.10. The van der Waals surface area contributed by atoms with Crippen molar-refractivity contribution < 1.29 is 0 Å². The Balaban J connectivity index is 2.28. The summed E-state index contributed by atoms with van der Waals surface area (Å²) < 4.78 is 0. The highest BCUT2D eigenvalue weighted by Gasteiger charge is 2.14. The molecule has 0 radical (unpaired) electrons. The van der Waals surface area contributed by atoms with E-state index in [9.17, 15) is 0 Å². The predicted molar refractivity (Wildman–Crippen MR) is 75.3 cm³/mol. The summed E-state index contributed by atoms with van der Waals surface area (Å²) in [6, 6.07) is 12.0. The van der Waals surface area contributed by atoms with Gasteiger partial charge in [-0.2, -0.15) is 0 Å². The fourth-order valence-electron chi connectivity index (χ4n) is 1.71. The fourth-order valence-corrected chi connectivity index (χ4v) is 2.11. The first-order chi connectivity index (χ1) is 8.58. The Bertz CT molecular complexity index is 511. The number of benzene rings is 1. The summed E-state index contributed by atoms with van der Waals surface area (Å²) in [7, 11) is 1.95. The van der Waals surface area contributed by atoms with E-state index >= 15 is 0 Å². The molecule has 0 N–H and O–H groups in total. The van der Waals surface area contributed by atoms with E-state index in [0.29, 0.717) is 11.0 Å². The second-order valence-electron chi connectivity index (χ2n) is 4.02. The van der Waals surface area contributed by atoms with Crippen LogP contribution in [-0.4, -0.2) is 17.0 Å². The summed E-state index contributed by atoms with van der Waals surface area (Å²) in [5.41, 5.74) is 1.20. The number of nitrogens with zero attached hydrogens (tertiary/aromatic N) is 3. The average molecular weight is 282 g/mol. The van der Waals surface area contributed by atoms with Crippen LogP contribution in [0.5, 0.6) is 0 Å². The molecule has 1 heterocycles. The molecule has 1 unspecified atom stereocenters. The summed E-state index contributed by atoms with van der Waals surface area (Å²) >= 11 is 11.7. The number of rotatable bonds is 3. The van der Waals surface area contributed by atoms with E-state index in [1.165, 1.54) is 5.56 Å². The first-order valence-electron chi connectivity index (χ1n) is 5.56. The van der Waals surface area contributed by atoms with Crippen molar-refractivity contribution in [2.45, 2.75) is 13.0 Å². The van der Waals surface area contributed by atoms with Crippen LogP contribution < -0.4 is 4.90 Å². The highest BCUT2D eigenvalue weighted by atomic mass is 35.5. The lowest BCUT2D eigenvalue weighted by Crippen LogP contribution is -2.22. The van der Waals surface area contributed by atoms with E-state index in [2.05, 4.69) is 29.0 Å². The van der Waals surface area contributed by atoms with Gasteiger partial charge < -0.3 is 4.90 Å². The Labute approximate surface area is 116 Å². The highest BCUT2D eigenvalue weighted by molar-refractivity contribution is 6.32. The Hall–Kier alpha value is -1.32. The van der Waals surface area contributed by atoms with E-state index in [1.54, 1.807) is 6.07 Å². The largest absolute Gasteiger partial charge is 0.353 e. The van der Waals surface area contributed by atoms with Crippen molar-refractivity contribution in [1.29, 1.82) is 0 Å². The molecule has 2 aromatic rings.